The molecule has 0 saturated carbocycles. The van der Waals surface area contributed by atoms with Crippen LogP contribution in [0, 0.1) is 0 Å². The first kappa shape index (κ1) is 28.4. The first-order valence-electron chi connectivity index (χ1n) is 11.7. The number of benzene rings is 3. The van der Waals surface area contributed by atoms with Crippen LogP contribution < -0.4 is 19.9 Å². The predicted molar refractivity (Wildman–Crippen MR) is 143 cm³/mol. The molecular formula is C27H27N3O9. The number of nitrogens with zero attached hydrogens (tertiary/aromatic N) is 2. The molecule has 0 aliphatic rings. The van der Waals surface area contributed by atoms with Crippen molar-refractivity contribution < 1.29 is 44.0 Å². The summed E-state index contributed by atoms with van der Waals surface area (Å²) in [6, 6.07) is 15.0. The highest BCUT2D eigenvalue weighted by Crippen LogP contribution is 2.32. The number of rotatable bonds is 13. The molecule has 12 heteroatoms. The van der Waals surface area contributed by atoms with Gasteiger partial charge in [-0.2, -0.15) is 0 Å². The zero-order chi connectivity index (χ0) is 28.7. The van der Waals surface area contributed by atoms with Crippen molar-refractivity contribution in [3.05, 3.63) is 60.2 Å². The van der Waals surface area contributed by atoms with E-state index in [9.17, 15) is 24.0 Å². The Balaban J connectivity index is 1.78. The van der Waals surface area contributed by atoms with Gasteiger partial charge >= 0.3 is 17.9 Å². The van der Waals surface area contributed by atoms with Crippen LogP contribution in [-0.2, 0) is 19.2 Å². The lowest BCUT2D eigenvalue weighted by Gasteiger charge is -2.24. The molecule has 1 amide bonds. The van der Waals surface area contributed by atoms with Crippen LogP contribution in [0.2, 0.25) is 0 Å². The van der Waals surface area contributed by atoms with E-state index in [4.69, 9.17) is 20.1 Å². The van der Waals surface area contributed by atoms with Gasteiger partial charge in [-0.15, -0.1) is 0 Å². The molecule has 0 bridgehead atoms. The number of ether oxygens (including phenoxy) is 1. The average Bonchev–Trinajstić information content (AvgIpc) is 2.85. The summed E-state index contributed by atoms with van der Waals surface area (Å²) in [5.74, 6) is -4.44. The second-order valence-electron chi connectivity index (χ2n) is 8.72. The average molecular weight is 538 g/mol. The number of fused-ring (bicyclic) bond motifs is 1. The Bertz CT molecular complexity index is 1420. The molecule has 3 aromatic rings. The fraction of sp³-hybridized carbons (Fsp3) is 0.222. The standard InChI is InChI=1S/C27H27N3O9/c1-16(31)17-3-4-19-10-21(7-5-18(19)9-17)29(2)12-24(32)28-20-6-8-22(23(11-20)39-15-27(37)38)30(13-25(33)34)14-26(35)36/h3-11H,12-15H2,1-2H3,(H,28,32)(H,33,34)(H,35,36)(H,37,38). The van der Waals surface area contributed by atoms with E-state index in [2.05, 4.69) is 5.32 Å². The summed E-state index contributed by atoms with van der Waals surface area (Å²) >= 11 is 0. The molecule has 0 aliphatic heterocycles. The van der Waals surface area contributed by atoms with E-state index in [-0.39, 0.29) is 29.5 Å². The second-order valence-corrected chi connectivity index (χ2v) is 8.72. The minimum Gasteiger partial charge on any atom is -0.480 e. The lowest BCUT2D eigenvalue weighted by Crippen LogP contribution is -2.35. The molecule has 0 spiro atoms. The number of carbonyl (C=O) groups is 5. The number of carboxylic acid groups (broad SMARTS) is 3. The van der Waals surface area contributed by atoms with E-state index < -0.39 is 43.5 Å². The van der Waals surface area contributed by atoms with Crippen molar-refractivity contribution >= 4 is 57.4 Å². The molecule has 0 radical (unpaired) electrons. The number of amides is 1. The molecule has 0 atom stereocenters. The summed E-state index contributed by atoms with van der Waals surface area (Å²) in [6.07, 6.45) is 0. The van der Waals surface area contributed by atoms with E-state index in [1.54, 1.807) is 24.1 Å². The van der Waals surface area contributed by atoms with Crippen molar-refractivity contribution in [2.75, 3.05) is 48.4 Å². The number of Topliss-reactive ketones (excluding diaryl/α,β-unsaturated/α-hetero) is 1. The Hall–Kier alpha value is -5.13. The van der Waals surface area contributed by atoms with Crippen LogP contribution in [0.15, 0.2) is 54.6 Å². The summed E-state index contributed by atoms with van der Waals surface area (Å²) in [5.41, 5.74) is 1.64. The van der Waals surface area contributed by atoms with Crippen molar-refractivity contribution in [1.82, 2.24) is 0 Å². The van der Waals surface area contributed by atoms with Gasteiger partial charge in [0.25, 0.3) is 0 Å². The molecule has 0 heterocycles. The fourth-order valence-electron chi connectivity index (χ4n) is 3.86. The van der Waals surface area contributed by atoms with Gasteiger partial charge in [-0.1, -0.05) is 18.2 Å². The van der Waals surface area contributed by atoms with Gasteiger partial charge < -0.3 is 35.2 Å². The van der Waals surface area contributed by atoms with Crippen LogP contribution >= 0.6 is 0 Å². The maximum absolute atomic E-state index is 12.8. The fourth-order valence-corrected chi connectivity index (χ4v) is 3.86. The van der Waals surface area contributed by atoms with Crippen LogP contribution in [0.5, 0.6) is 5.75 Å². The van der Waals surface area contributed by atoms with Crippen molar-refractivity contribution in [1.29, 1.82) is 0 Å². The maximum Gasteiger partial charge on any atom is 0.341 e. The number of hydrogen-bond donors (Lipinski definition) is 4. The third-order valence-electron chi connectivity index (χ3n) is 5.64. The number of nitrogens with one attached hydrogen (secondary N) is 1. The first-order chi connectivity index (χ1) is 18.4. The molecule has 204 valence electrons. The zero-order valence-electron chi connectivity index (χ0n) is 21.2. The summed E-state index contributed by atoms with van der Waals surface area (Å²) in [4.78, 5) is 60.6. The Morgan fingerprint density at radius 3 is 2.05 bits per heavy atom. The van der Waals surface area contributed by atoms with Crippen LogP contribution in [0.1, 0.15) is 17.3 Å². The lowest BCUT2D eigenvalue weighted by molar-refractivity contribution is -0.140. The lowest BCUT2D eigenvalue weighted by atomic mass is 10.0. The summed E-state index contributed by atoms with van der Waals surface area (Å²) in [5, 5.41) is 31.8. The van der Waals surface area contributed by atoms with Crippen LogP contribution in [0.4, 0.5) is 17.1 Å². The summed E-state index contributed by atoms with van der Waals surface area (Å²) in [6.45, 7) is -0.661. The molecule has 4 N–H and O–H groups in total. The normalized spacial score (nSPS) is 10.5. The first-order valence-corrected chi connectivity index (χ1v) is 11.7. The molecule has 39 heavy (non-hydrogen) atoms. The van der Waals surface area contributed by atoms with Crippen LogP contribution in [0.3, 0.4) is 0 Å². The zero-order valence-corrected chi connectivity index (χ0v) is 21.2. The van der Waals surface area contributed by atoms with Gasteiger partial charge in [-0.3, -0.25) is 19.2 Å². The number of carbonyl (C=O) groups excluding carboxylic acids is 2. The van der Waals surface area contributed by atoms with Crippen molar-refractivity contribution in [2.45, 2.75) is 6.92 Å². The third kappa shape index (κ3) is 7.92. The number of anilines is 3. The highest BCUT2D eigenvalue weighted by atomic mass is 16.5. The molecule has 3 rings (SSSR count). The monoisotopic (exact) mass is 537 g/mol. The van der Waals surface area contributed by atoms with E-state index >= 15 is 0 Å². The van der Waals surface area contributed by atoms with Gasteiger partial charge in [0.15, 0.2) is 12.4 Å². The Labute approximate surface area is 223 Å². The van der Waals surface area contributed by atoms with Gasteiger partial charge in [-0.25, -0.2) is 4.79 Å². The van der Waals surface area contributed by atoms with Gasteiger partial charge in [-0.05, 0) is 48.0 Å². The van der Waals surface area contributed by atoms with Crippen LogP contribution in [-0.4, -0.2) is 78.2 Å². The minimum atomic E-state index is -1.30. The molecule has 12 nitrogen and oxygen atoms in total. The highest BCUT2D eigenvalue weighted by molar-refractivity contribution is 5.99. The summed E-state index contributed by atoms with van der Waals surface area (Å²) < 4.78 is 5.27. The molecular weight excluding hydrogens is 510 g/mol. The van der Waals surface area contributed by atoms with Gasteiger partial charge in [0.05, 0.1) is 12.2 Å². The van der Waals surface area contributed by atoms with Gasteiger partial charge in [0.2, 0.25) is 5.91 Å². The molecule has 0 saturated heterocycles. The molecule has 0 unspecified atom stereocenters. The number of hydrogen-bond acceptors (Lipinski definition) is 8. The Morgan fingerprint density at radius 1 is 0.795 bits per heavy atom. The smallest absolute Gasteiger partial charge is 0.341 e. The van der Waals surface area contributed by atoms with E-state index in [0.717, 1.165) is 21.4 Å². The summed E-state index contributed by atoms with van der Waals surface area (Å²) in [7, 11) is 1.73. The number of likely N-dealkylation sites (N-methyl/N-ethyl adjacent to an activating group) is 1. The van der Waals surface area contributed by atoms with Crippen molar-refractivity contribution in [3.8, 4) is 5.75 Å². The third-order valence-corrected chi connectivity index (χ3v) is 5.64. The Morgan fingerprint density at radius 2 is 1.44 bits per heavy atom. The maximum atomic E-state index is 12.8. The predicted octanol–water partition coefficient (Wildman–Crippen LogP) is 2.56. The second kappa shape index (κ2) is 12.4. The van der Waals surface area contributed by atoms with E-state index in [1.165, 1.54) is 25.1 Å². The number of carboxylic acids is 3. The molecule has 3 aromatic carbocycles. The van der Waals surface area contributed by atoms with Gasteiger partial charge in [0, 0.05) is 30.1 Å². The quantitative estimate of drug-likeness (QED) is 0.236. The number of ketones is 1. The van der Waals surface area contributed by atoms with Crippen molar-refractivity contribution in [3.63, 3.8) is 0 Å². The topological polar surface area (TPSA) is 174 Å². The van der Waals surface area contributed by atoms with Gasteiger partial charge in [0.1, 0.15) is 18.8 Å². The largest absolute Gasteiger partial charge is 0.480 e. The highest BCUT2D eigenvalue weighted by Gasteiger charge is 2.20. The van der Waals surface area contributed by atoms with Crippen LogP contribution in [0.25, 0.3) is 10.8 Å². The Kier molecular flexibility index (Phi) is 9.05. The SMILES string of the molecule is CC(=O)c1ccc2cc(N(C)CC(=O)Nc3ccc(N(CC(=O)O)CC(=O)O)c(OCC(=O)O)c3)ccc2c1. The molecule has 0 fully saturated rings. The van der Waals surface area contributed by atoms with E-state index in [1.807, 2.05) is 24.3 Å². The van der Waals surface area contributed by atoms with E-state index in [0.29, 0.717) is 5.56 Å². The van der Waals surface area contributed by atoms with Crippen molar-refractivity contribution in [2.24, 2.45) is 0 Å². The molecule has 0 aromatic heterocycles. The molecule has 0 aliphatic carbocycles. The number of aliphatic carboxylic acids is 3. The minimum absolute atomic E-state index is 0.0317.